The Balaban J connectivity index is 2.32. The molecule has 0 unspecified atom stereocenters. The number of carbonyl (C=O) groups excluding carboxylic acids is 1. The quantitative estimate of drug-likeness (QED) is 0.691. The second-order valence-corrected chi connectivity index (χ2v) is 3.41. The number of amides is 1. The lowest BCUT2D eigenvalue weighted by Crippen LogP contribution is -2.21. The summed E-state index contributed by atoms with van der Waals surface area (Å²) in [6.07, 6.45) is 3.61. The normalized spacial score (nSPS) is 13.7. The van der Waals surface area contributed by atoms with Crippen LogP contribution in [-0.4, -0.2) is 15.5 Å². The largest absolute Gasteiger partial charge is 0.345 e. The number of nitrogens with one attached hydrogen (secondary N) is 1. The van der Waals surface area contributed by atoms with Crippen molar-refractivity contribution in [3.8, 4) is 5.69 Å². The first-order valence-corrected chi connectivity index (χ1v) is 4.76. The van der Waals surface area contributed by atoms with Crippen LogP contribution >= 0.6 is 0 Å². The first kappa shape index (κ1) is 8.23. The van der Waals surface area contributed by atoms with Crippen molar-refractivity contribution >= 4 is 5.91 Å². The topological polar surface area (TPSA) is 46.9 Å². The Morgan fingerprint density at radius 1 is 1.33 bits per heavy atom. The van der Waals surface area contributed by atoms with Crippen molar-refractivity contribution < 1.29 is 4.79 Å². The molecule has 1 aromatic heterocycles. The van der Waals surface area contributed by atoms with Gasteiger partial charge in [0, 0.05) is 12.4 Å². The van der Waals surface area contributed by atoms with E-state index in [2.05, 4.69) is 10.3 Å². The monoisotopic (exact) mass is 199 g/mol. The molecule has 0 radical (unpaired) electrons. The fourth-order valence-electron chi connectivity index (χ4n) is 1.81. The lowest BCUT2D eigenvalue weighted by molar-refractivity contribution is 0.0952. The van der Waals surface area contributed by atoms with Gasteiger partial charge in [0.25, 0.3) is 5.91 Å². The molecule has 2 heterocycles. The van der Waals surface area contributed by atoms with Crippen LogP contribution in [0.2, 0.25) is 0 Å². The molecule has 0 fully saturated rings. The van der Waals surface area contributed by atoms with Gasteiger partial charge in [0.2, 0.25) is 0 Å². The zero-order valence-corrected chi connectivity index (χ0v) is 7.97. The molecule has 1 aromatic carbocycles. The van der Waals surface area contributed by atoms with Gasteiger partial charge in [-0.15, -0.1) is 0 Å². The number of hydrogen-bond acceptors (Lipinski definition) is 2. The number of para-hydroxylation sites is 1. The molecular weight excluding hydrogens is 190 g/mol. The molecule has 0 bridgehead atoms. The van der Waals surface area contributed by atoms with Crippen LogP contribution in [0.15, 0.2) is 36.7 Å². The van der Waals surface area contributed by atoms with Crippen LogP contribution in [0.4, 0.5) is 0 Å². The Kier molecular flexibility index (Phi) is 1.62. The van der Waals surface area contributed by atoms with E-state index in [0.29, 0.717) is 12.1 Å². The maximum Gasteiger partial charge on any atom is 0.253 e. The third-order valence-corrected chi connectivity index (χ3v) is 2.53. The van der Waals surface area contributed by atoms with E-state index in [1.165, 1.54) is 0 Å². The zero-order valence-electron chi connectivity index (χ0n) is 7.97. The van der Waals surface area contributed by atoms with Crippen LogP contribution in [0.1, 0.15) is 16.2 Å². The second kappa shape index (κ2) is 2.95. The summed E-state index contributed by atoms with van der Waals surface area (Å²) >= 11 is 0. The van der Waals surface area contributed by atoms with Crippen molar-refractivity contribution in [2.24, 2.45) is 0 Å². The van der Waals surface area contributed by atoms with E-state index in [1.54, 1.807) is 6.20 Å². The van der Waals surface area contributed by atoms with E-state index >= 15 is 0 Å². The Hall–Kier alpha value is -2.10. The summed E-state index contributed by atoms with van der Waals surface area (Å²) in [6.45, 7) is 0.473. The minimum atomic E-state index is -0.0453. The molecule has 1 aliphatic rings. The van der Waals surface area contributed by atoms with Crippen LogP contribution < -0.4 is 5.32 Å². The van der Waals surface area contributed by atoms with Crippen molar-refractivity contribution in [1.82, 2.24) is 14.9 Å². The minimum Gasteiger partial charge on any atom is -0.345 e. The number of rotatable bonds is 0. The van der Waals surface area contributed by atoms with E-state index in [-0.39, 0.29) is 5.91 Å². The first-order chi connectivity index (χ1) is 7.36. The molecule has 15 heavy (non-hydrogen) atoms. The van der Waals surface area contributed by atoms with E-state index in [1.807, 2.05) is 35.0 Å². The highest BCUT2D eigenvalue weighted by molar-refractivity contribution is 5.98. The summed E-state index contributed by atoms with van der Waals surface area (Å²) in [7, 11) is 0. The first-order valence-electron chi connectivity index (χ1n) is 4.76. The number of hydrogen-bond donors (Lipinski definition) is 1. The van der Waals surface area contributed by atoms with Crippen molar-refractivity contribution in [2.75, 3.05) is 0 Å². The molecule has 4 heteroatoms. The minimum absolute atomic E-state index is 0.0453. The van der Waals surface area contributed by atoms with E-state index in [9.17, 15) is 4.79 Å². The predicted molar refractivity (Wildman–Crippen MR) is 54.7 cm³/mol. The molecule has 0 aliphatic carbocycles. The molecule has 0 saturated carbocycles. The lowest BCUT2D eigenvalue weighted by atomic mass is 10.1. The van der Waals surface area contributed by atoms with Crippen molar-refractivity contribution in [1.29, 1.82) is 0 Å². The summed E-state index contributed by atoms with van der Waals surface area (Å²) in [5, 5.41) is 2.82. The third-order valence-electron chi connectivity index (χ3n) is 2.53. The molecule has 0 atom stereocenters. The van der Waals surface area contributed by atoms with E-state index in [0.717, 1.165) is 11.5 Å². The Morgan fingerprint density at radius 2 is 2.20 bits per heavy atom. The molecule has 2 aromatic rings. The van der Waals surface area contributed by atoms with Crippen molar-refractivity contribution in [2.45, 2.75) is 6.54 Å². The molecular formula is C11H9N3O. The number of nitrogens with zero attached hydrogens (tertiary/aromatic N) is 2. The maximum absolute atomic E-state index is 11.7. The van der Waals surface area contributed by atoms with Crippen LogP contribution in [0.25, 0.3) is 5.69 Å². The van der Waals surface area contributed by atoms with Gasteiger partial charge in [-0.1, -0.05) is 12.1 Å². The van der Waals surface area contributed by atoms with Crippen LogP contribution in [-0.2, 0) is 6.54 Å². The highest BCUT2D eigenvalue weighted by atomic mass is 16.1. The average molecular weight is 199 g/mol. The number of aromatic nitrogens is 2. The summed E-state index contributed by atoms with van der Waals surface area (Å²) in [6, 6.07) is 7.52. The van der Waals surface area contributed by atoms with Gasteiger partial charge in [-0.25, -0.2) is 4.98 Å². The molecule has 74 valence electrons. The molecule has 4 nitrogen and oxygen atoms in total. The fourth-order valence-corrected chi connectivity index (χ4v) is 1.81. The van der Waals surface area contributed by atoms with E-state index < -0.39 is 0 Å². The smallest absolute Gasteiger partial charge is 0.253 e. The molecule has 1 amide bonds. The zero-order chi connectivity index (χ0) is 10.3. The SMILES string of the molecule is O=C1NCc2nccn2-c2ccccc21. The molecule has 1 N–H and O–H groups in total. The van der Waals surface area contributed by atoms with Gasteiger partial charge in [-0.05, 0) is 12.1 Å². The highest BCUT2D eigenvalue weighted by Gasteiger charge is 2.18. The summed E-state index contributed by atoms with van der Waals surface area (Å²) in [4.78, 5) is 15.9. The summed E-state index contributed by atoms with van der Waals surface area (Å²) in [5.74, 6) is 0.810. The Bertz CT molecular complexity index is 530. The van der Waals surface area contributed by atoms with Gasteiger partial charge in [-0.3, -0.25) is 4.79 Å². The summed E-state index contributed by atoms with van der Waals surface area (Å²) in [5.41, 5.74) is 1.58. The Labute approximate surface area is 86.6 Å². The van der Waals surface area contributed by atoms with Crippen molar-refractivity contribution in [3.05, 3.63) is 48.0 Å². The van der Waals surface area contributed by atoms with Gasteiger partial charge in [0.1, 0.15) is 5.82 Å². The third kappa shape index (κ3) is 1.15. The maximum atomic E-state index is 11.7. The highest BCUT2D eigenvalue weighted by Crippen LogP contribution is 2.18. The van der Waals surface area contributed by atoms with Gasteiger partial charge in [0.05, 0.1) is 17.8 Å². The predicted octanol–water partition coefficient (Wildman–Crippen LogP) is 1.12. The van der Waals surface area contributed by atoms with Gasteiger partial charge >= 0.3 is 0 Å². The van der Waals surface area contributed by atoms with Crippen molar-refractivity contribution in [3.63, 3.8) is 0 Å². The second-order valence-electron chi connectivity index (χ2n) is 3.41. The molecule has 0 spiro atoms. The Morgan fingerprint density at radius 3 is 3.13 bits per heavy atom. The van der Waals surface area contributed by atoms with E-state index in [4.69, 9.17) is 0 Å². The van der Waals surface area contributed by atoms with Crippen LogP contribution in [0, 0.1) is 0 Å². The number of benzene rings is 1. The number of imidazole rings is 1. The van der Waals surface area contributed by atoms with Gasteiger partial charge in [-0.2, -0.15) is 0 Å². The summed E-state index contributed by atoms with van der Waals surface area (Å²) < 4.78 is 1.94. The van der Waals surface area contributed by atoms with Crippen LogP contribution in [0.5, 0.6) is 0 Å². The fraction of sp³-hybridized carbons (Fsp3) is 0.0909. The number of carbonyl (C=O) groups is 1. The van der Waals surface area contributed by atoms with Gasteiger partial charge in [0.15, 0.2) is 0 Å². The standard InChI is InChI=1S/C11H9N3O/c15-11-8-3-1-2-4-9(8)14-6-5-12-10(14)7-13-11/h1-6H,7H2,(H,13,15). The molecule has 3 rings (SSSR count). The number of fused-ring (bicyclic) bond motifs is 3. The molecule has 1 aliphatic heterocycles. The van der Waals surface area contributed by atoms with Crippen LogP contribution in [0.3, 0.4) is 0 Å². The lowest BCUT2D eigenvalue weighted by Gasteiger charge is -2.05. The molecule has 0 saturated heterocycles. The van der Waals surface area contributed by atoms with Gasteiger partial charge < -0.3 is 9.88 Å². The average Bonchev–Trinajstić information content (AvgIpc) is 2.69.